The molecule has 1 amide bonds. The van der Waals surface area contributed by atoms with Gasteiger partial charge in [-0.1, -0.05) is 5.16 Å². The Morgan fingerprint density at radius 2 is 2.15 bits per heavy atom. The van der Waals surface area contributed by atoms with Gasteiger partial charge in [0.25, 0.3) is 5.91 Å². The van der Waals surface area contributed by atoms with Crippen LogP contribution in [0.5, 0.6) is 0 Å². The first-order chi connectivity index (χ1) is 12.5. The molecule has 3 aromatic heterocycles. The van der Waals surface area contributed by atoms with Crippen LogP contribution in [0.3, 0.4) is 0 Å². The van der Waals surface area contributed by atoms with Crippen LogP contribution in [0.2, 0.25) is 0 Å². The topological polar surface area (TPSA) is 82.0 Å². The van der Waals surface area contributed by atoms with Crippen LogP contribution >= 0.6 is 0 Å². The molecule has 1 atom stereocenters. The predicted molar refractivity (Wildman–Crippen MR) is 94.3 cm³/mol. The van der Waals surface area contributed by atoms with Crippen LogP contribution < -0.4 is 0 Å². The van der Waals surface area contributed by atoms with Crippen LogP contribution in [-0.2, 0) is 14.1 Å². The maximum absolute atomic E-state index is 13.1. The van der Waals surface area contributed by atoms with Crippen molar-refractivity contribution in [1.82, 2.24) is 29.6 Å². The van der Waals surface area contributed by atoms with Crippen LogP contribution in [-0.4, -0.2) is 42.1 Å². The van der Waals surface area contributed by atoms with Crippen LogP contribution in [0.25, 0.3) is 11.3 Å². The van der Waals surface area contributed by atoms with E-state index in [-0.39, 0.29) is 11.9 Å². The van der Waals surface area contributed by atoms with Gasteiger partial charge in [0, 0.05) is 39.1 Å². The van der Waals surface area contributed by atoms with Gasteiger partial charge in [-0.15, -0.1) is 0 Å². The van der Waals surface area contributed by atoms with Crippen molar-refractivity contribution in [2.45, 2.75) is 32.2 Å². The third kappa shape index (κ3) is 2.81. The van der Waals surface area contributed by atoms with E-state index in [1.807, 2.05) is 31.1 Å². The first-order valence-corrected chi connectivity index (χ1v) is 8.81. The number of amides is 1. The molecule has 0 aliphatic carbocycles. The molecule has 0 saturated carbocycles. The number of likely N-dealkylation sites (tertiary alicyclic amines) is 1. The molecular weight excluding hydrogens is 332 g/mol. The lowest BCUT2D eigenvalue weighted by Crippen LogP contribution is -2.39. The zero-order valence-corrected chi connectivity index (χ0v) is 15.2. The Labute approximate surface area is 151 Å². The standard InChI is InChI=1S/C18H22N6O2/c1-12-10-16(26-21-12)13-11-22(2)20-17(13)14-6-4-5-9-24(14)18(25)15-7-8-19-23(15)3/h7-8,10-11,14H,4-6,9H2,1-3H3/t14-/m0/s1. The second kappa shape index (κ2) is 6.44. The largest absolute Gasteiger partial charge is 0.356 e. The zero-order valence-electron chi connectivity index (χ0n) is 15.2. The van der Waals surface area contributed by atoms with Gasteiger partial charge in [-0.05, 0) is 32.3 Å². The van der Waals surface area contributed by atoms with Gasteiger partial charge >= 0.3 is 0 Å². The van der Waals surface area contributed by atoms with Crippen molar-refractivity contribution in [3.63, 3.8) is 0 Å². The first kappa shape index (κ1) is 16.6. The van der Waals surface area contributed by atoms with Crippen LogP contribution in [0, 0.1) is 6.92 Å². The van der Waals surface area contributed by atoms with Crippen LogP contribution in [0.15, 0.2) is 29.0 Å². The minimum absolute atomic E-state index is 0.0138. The molecule has 1 saturated heterocycles. The number of nitrogens with zero attached hydrogens (tertiary/aromatic N) is 6. The predicted octanol–water partition coefficient (Wildman–Crippen LogP) is 2.48. The molecule has 1 aliphatic heterocycles. The molecule has 0 spiro atoms. The summed E-state index contributed by atoms with van der Waals surface area (Å²) in [5.74, 6) is 0.671. The van der Waals surface area contributed by atoms with E-state index in [9.17, 15) is 4.79 Å². The zero-order chi connectivity index (χ0) is 18.3. The first-order valence-electron chi connectivity index (χ1n) is 8.81. The molecule has 4 heterocycles. The Morgan fingerprint density at radius 1 is 1.31 bits per heavy atom. The Kier molecular flexibility index (Phi) is 4.10. The van der Waals surface area contributed by atoms with Crippen molar-refractivity contribution >= 4 is 5.91 Å². The summed E-state index contributed by atoms with van der Waals surface area (Å²) in [5, 5.41) is 12.8. The van der Waals surface area contributed by atoms with Gasteiger partial charge in [-0.25, -0.2) is 0 Å². The number of hydrogen-bond donors (Lipinski definition) is 0. The summed E-state index contributed by atoms with van der Waals surface area (Å²) >= 11 is 0. The molecule has 0 unspecified atom stereocenters. The number of carbonyl (C=O) groups is 1. The van der Waals surface area contributed by atoms with Crippen molar-refractivity contribution in [1.29, 1.82) is 0 Å². The monoisotopic (exact) mass is 354 g/mol. The molecule has 0 radical (unpaired) electrons. The van der Waals surface area contributed by atoms with Crippen molar-refractivity contribution in [2.24, 2.45) is 14.1 Å². The van der Waals surface area contributed by atoms with E-state index in [0.717, 1.165) is 36.2 Å². The fraction of sp³-hybridized carbons (Fsp3) is 0.444. The number of piperidine rings is 1. The quantitative estimate of drug-likeness (QED) is 0.722. The summed E-state index contributed by atoms with van der Waals surface area (Å²) in [6.07, 6.45) is 6.50. The van der Waals surface area contributed by atoms with Crippen LogP contribution in [0.4, 0.5) is 0 Å². The Morgan fingerprint density at radius 3 is 2.85 bits per heavy atom. The molecule has 4 rings (SSSR count). The van der Waals surface area contributed by atoms with E-state index >= 15 is 0 Å². The van der Waals surface area contributed by atoms with Gasteiger partial charge in [0.1, 0.15) is 5.69 Å². The molecule has 0 N–H and O–H groups in total. The average molecular weight is 354 g/mol. The highest BCUT2D eigenvalue weighted by molar-refractivity contribution is 5.93. The summed E-state index contributed by atoms with van der Waals surface area (Å²) in [6.45, 7) is 2.60. The van der Waals surface area contributed by atoms with E-state index in [4.69, 9.17) is 4.52 Å². The summed E-state index contributed by atoms with van der Waals surface area (Å²) in [7, 11) is 3.67. The van der Waals surface area contributed by atoms with Gasteiger partial charge in [0.05, 0.1) is 23.0 Å². The van der Waals surface area contributed by atoms with Crippen molar-refractivity contribution in [3.05, 3.63) is 41.6 Å². The van der Waals surface area contributed by atoms with E-state index in [1.165, 1.54) is 0 Å². The molecule has 136 valence electrons. The van der Waals surface area contributed by atoms with Gasteiger partial charge in [0.15, 0.2) is 5.76 Å². The van der Waals surface area contributed by atoms with Gasteiger partial charge in [-0.2, -0.15) is 10.2 Å². The van der Waals surface area contributed by atoms with Crippen molar-refractivity contribution in [2.75, 3.05) is 6.54 Å². The second-order valence-electron chi connectivity index (χ2n) is 6.78. The van der Waals surface area contributed by atoms with E-state index in [1.54, 1.807) is 28.7 Å². The molecule has 1 aliphatic rings. The lowest BCUT2D eigenvalue weighted by atomic mass is 9.96. The van der Waals surface area contributed by atoms with Gasteiger partial charge in [0.2, 0.25) is 0 Å². The molecule has 8 heteroatoms. The van der Waals surface area contributed by atoms with E-state index in [2.05, 4.69) is 15.4 Å². The molecule has 1 fully saturated rings. The lowest BCUT2D eigenvalue weighted by Gasteiger charge is -2.35. The fourth-order valence-electron chi connectivity index (χ4n) is 3.62. The van der Waals surface area contributed by atoms with Gasteiger partial charge < -0.3 is 9.42 Å². The third-order valence-electron chi connectivity index (χ3n) is 4.87. The molecule has 8 nitrogen and oxygen atoms in total. The summed E-state index contributed by atoms with van der Waals surface area (Å²) in [6, 6.07) is 3.57. The molecular formula is C18H22N6O2. The minimum Gasteiger partial charge on any atom is -0.356 e. The molecule has 0 aromatic carbocycles. The maximum atomic E-state index is 13.1. The van der Waals surface area contributed by atoms with Crippen molar-refractivity contribution in [3.8, 4) is 11.3 Å². The van der Waals surface area contributed by atoms with Gasteiger partial charge in [-0.3, -0.25) is 14.2 Å². The Balaban J connectivity index is 1.74. The Bertz CT molecular complexity index is 937. The molecule has 26 heavy (non-hydrogen) atoms. The fourth-order valence-corrected chi connectivity index (χ4v) is 3.62. The number of carbonyl (C=O) groups excluding carboxylic acids is 1. The second-order valence-corrected chi connectivity index (χ2v) is 6.78. The highest BCUT2D eigenvalue weighted by Crippen LogP contribution is 2.37. The summed E-state index contributed by atoms with van der Waals surface area (Å²) in [5.41, 5.74) is 3.16. The molecule has 0 bridgehead atoms. The average Bonchev–Trinajstić information content (AvgIpc) is 3.34. The maximum Gasteiger partial charge on any atom is 0.272 e. The summed E-state index contributed by atoms with van der Waals surface area (Å²) < 4.78 is 8.85. The number of aromatic nitrogens is 5. The van der Waals surface area contributed by atoms with E-state index in [0.29, 0.717) is 18.0 Å². The highest BCUT2D eigenvalue weighted by Gasteiger charge is 2.34. The lowest BCUT2D eigenvalue weighted by molar-refractivity contribution is 0.0594. The number of rotatable bonds is 3. The SMILES string of the molecule is Cc1cc(-c2cn(C)nc2[C@@H]2CCCCN2C(=O)c2ccnn2C)on1. The minimum atomic E-state index is -0.0900. The van der Waals surface area contributed by atoms with Crippen LogP contribution in [0.1, 0.15) is 47.2 Å². The van der Waals surface area contributed by atoms with E-state index < -0.39 is 0 Å². The highest BCUT2D eigenvalue weighted by atomic mass is 16.5. The number of hydrogen-bond acceptors (Lipinski definition) is 5. The van der Waals surface area contributed by atoms with Crippen molar-refractivity contribution < 1.29 is 9.32 Å². The normalized spacial score (nSPS) is 17.7. The Hall–Kier alpha value is -2.90. The molecule has 3 aromatic rings. The third-order valence-corrected chi connectivity index (χ3v) is 4.87. The number of aryl methyl sites for hydroxylation is 3. The smallest absolute Gasteiger partial charge is 0.272 e. The summed E-state index contributed by atoms with van der Waals surface area (Å²) in [4.78, 5) is 15.0.